The maximum absolute atomic E-state index is 5.94. The van der Waals surface area contributed by atoms with Gasteiger partial charge in [-0.25, -0.2) is 9.97 Å². The Balaban J connectivity index is 2.64. The number of rotatable bonds is 3. The molecule has 2 nitrogen and oxygen atoms in total. The molecular formula is C15H17ClN2. The molecule has 94 valence electrons. The van der Waals surface area contributed by atoms with Gasteiger partial charge in [0.05, 0.1) is 11.4 Å². The van der Waals surface area contributed by atoms with Gasteiger partial charge in [-0.15, -0.1) is 0 Å². The number of aromatic nitrogens is 2. The van der Waals surface area contributed by atoms with E-state index in [1.165, 1.54) is 5.56 Å². The maximum Gasteiger partial charge on any atom is 0.125 e. The van der Waals surface area contributed by atoms with E-state index < -0.39 is 0 Å². The van der Waals surface area contributed by atoms with E-state index in [9.17, 15) is 0 Å². The first-order valence-electron chi connectivity index (χ1n) is 6.28. The van der Waals surface area contributed by atoms with Crippen LogP contribution in [0.5, 0.6) is 0 Å². The normalized spacial score (nSPS) is 10.7. The number of nitrogens with zero attached hydrogens (tertiary/aromatic N) is 2. The lowest BCUT2D eigenvalue weighted by molar-refractivity contribution is 0.899. The number of aryl methyl sites for hydroxylation is 3. The average molecular weight is 261 g/mol. The third-order valence-electron chi connectivity index (χ3n) is 2.97. The van der Waals surface area contributed by atoms with Crippen molar-refractivity contribution in [3.63, 3.8) is 0 Å². The fourth-order valence-corrected chi connectivity index (χ4v) is 2.28. The summed E-state index contributed by atoms with van der Waals surface area (Å²) in [6.07, 6.45) is 1.82. The molecule has 1 aromatic carbocycles. The molecular weight excluding hydrogens is 244 g/mol. The summed E-state index contributed by atoms with van der Waals surface area (Å²) >= 11 is 5.94. The van der Waals surface area contributed by atoms with Gasteiger partial charge in [-0.05, 0) is 37.5 Å². The molecule has 18 heavy (non-hydrogen) atoms. The number of hydrogen-bond acceptors (Lipinski definition) is 2. The summed E-state index contributed by atoms with van der Waals surface area (Å²) in [5, 5.41) is 0.753. The molecule has 0 saturated heterocycles. The van der Waals surface area contributed by atoms with E-state index in [4.69, 9.17) is 11.6 Å². The van der Waals surface area contributed by atoms with Crippen LogP contribution in [0, 0.1) is 6.92 Å². The van der Waals surface area contributed by atoms with Gasteiger partial charge >= 0.3 is 0 Å². The first kappa shape index (κ1) is 13.0. The molecule has 1 heterocycles. The maximum atomic E-state index is 5.94. The Kier molecular flexibility index (Phi) is 3.97. The van der Waals surface area contributed by atoms with Crippen LogP contribution in [0.1, 0.15) is 31.1 Å². The topological polar surface area (TPSA) is 25.8 Å². The zero-order chi connectivity index (χ0) is 13.1. The molecule has 0 aliphatic carbocycles. The van der Waals surface area contributed by atoms with Crippen molar-refractivity contribution in [1.29, 1.82) is 0 Å². The van der Waals surface area contributed by atoms with Crippen LogP contribution >= 0.6 is 11.6 Å². The Hall–Kier alpha value is -1.41. The predicted molar refractivity (Wildman–Crippen MR) is 76.0 cm³/mol. The molecule has 0 fully saturated rings. The highest BCUT2D eigenvalue weighted by Crippen LogP contribution is 2.27. The van der Waals surface area contributed by atoms with Crippen molar-refractivity contribution in [2.45, 2.75) is 33.6 Å². The quantitative estimate of drug-likeness (QED) is 0.825. The Bertz CT molecular complexity index is 522. The third-order valence-corrected chi connectivity index (χ3v) is 3.23. The second kappa shape index (κ2) is 5.49. The van der Waals surface area contributed by atoms with E-state index in [2.05, 4.69) is 23.8 Å². The molecule has 0 N–H and O–H groups in total. The van der Waals surface area contributed by atoms with E-state index in [1.807, 2.05) is 31.2 Å². The largest absolute Gasteiger partial charge is 0.238 e. The number of hydrogen-bond donors (Lipinski definition) is 0. The summed E-state index contributed by atoms with van der Waals surface area (Å²) < 4.78 is 0. The molecule has 2 rings (SSSR count). The molecule has 2 aromatic rings. The number of halogens is 1. The Morgan fingerprint density at radius 3 is 1.89 bits per heavy atom. The highest BCUT2D eigenvalue weighted by Gasteiger charge is 2.12. The summed E-state index contributed by atoms with van der Waals surface area (Å²) in [5.74, 6) is 0.849. The van der Waals surface area contributed by atoms with Crippen molar-refractivity contribution >= 4 is 11.6 Å². The molecule has 0 atom stereocenters. The van der Waals surface area contributed by atoms with Crippen molar-refractivity contribution in [2.75, 3.05) is 0 Å². The second-order valence-electron chi connectivity index (χ2n) is 4.25. The van der Waals surface area contributed by atoms with E-state index in [0.717, 1.165) is 40.6 Å². The monoisotopic (exact) mass is 260 g/mol. The standard InChI is InChI=1S/C15H17ClN2/c1-4-13-15(11-6-8-12(16)9-7-11)14(5-2)18-10(3)17-13/h6-9H,4-5H2,1-3H3. The molecule has 3 heteroatoms. The molecule has 0 amide bonds. The van der Waals surface area contributed by atoms with Crippen LogP contribution in [0.4, 0.5) is 0 Å². The first-order chi connectivity index (χ1) is 8.65. The molecule has 0 bridgehead atoms. The van der Waals surface area contributed by atoms with Crippen molar-refractivity contribution < 1.29 is 0 Å². The highest BCUT2D eigenvalue weighted by molar-refractivity contribution is 6.30. The minimum atomic E-state index is 0.753. The van der Waals surface area contributed by atoms with Crippen molar-refractivity contribution in [1.82, 2.24) is 9.97 Å². The van der Waals surface area contributed by atoms with Crippen LogP contribution < -0.4 is 0 Å². The molecule has 0 spiro atoms. The Morgan fingerprint density at radius 1 is 0.944 bits per heavy atom. The number of benzene rings is 1. The van der Waals surface area contributed by atoms with Crippen LogP contribution in [0.15, 0.2) is 24.3 Å². The second-order valence-corrected chi connectivity index (χ2v) is 4.69. The smallest absolute Gasteiger partial charge is 0.125 e. The lowest BCUT2D eigenvalue weighted by atomic mass is 9.99. The van der Waals surface area contributed by atoms with Crippen LogP contribution in [-0.2, 0) is 12.8 Å². The zero-order valence-corrected chi connectivity index (χ0v) is 11.8. The molecule has 1 aromatic heterocycles. The summed E-state index contributed by atoms with van der Waals surface area (Å²) in [6.45, 7) is 6.20. The van der Waals surface area contributed by atoms with Gasteiger partial charge in [0.15, 0.2) is 0 Å². The van der Waals surface area contributed by atoms with Gasteiger partial charge in [0.2, 0.25) is 0 Å². The Labute approximate surface area is 113 Å². The van der Waals surface area contributed by atoms with E-state index in [-0.39, 0.29) is 0 Å². The first-order valence-corrected chi connectivity index (χ1v) is 6.65. The minimum absolute atomic E-state index is 0.753. The predicted octanol–water partition coefficient (Wildman–Crippen LogP) is 4.23. The van der Waals surface area contributed by atoms with E-state index in [1.54, 1.807) is 0 Å². The van der Waals surface area contributed by atoms with Crippen molar-refractivity contribution in [3.05, 3.63) is 46.5 Å². The summed E-state index contributed by atoms with van der Waals surface area (Å²) in [4.78, 5) is 9.11. The lowest BCUT2D eigenvalue weighted by Crippen LogP contribution is -2.04. The van der Waals surface area contributed by atoms with Gasteiger partial charge in [-0.3, -0.25) is 0 Å². The fraction of sp³-hybridized carbons (Fsp3) is 0.333. The SMILES string of the molecule is CCc1nc(C)nc(CC)c1-c1ccc(Cl)cc1. The van der Waals surface area contributed by atoms with Gasteiger partial charge in [0, 0.05) is 10.6 Å². The van der Waals surface area contributed by atoms with Crippen LogP contribution in [-0.4, -0.2) is 9.97 Å². The highest BCUT2D eigenvalue weighted by atomic mass is 35.5. The minimum Gasteiger partial charge on any atom is -0.238 e. The molecule has 0 radical (unpaired) electrons. The summed E-state index contributed by atoms with van der Waals surface area (Å²) in [7, 11) is 0. The average Bonchev–Trinajstić information content (AvgIpc) is 2.39. The van der Waals surface area contributed by atoms with Gasteiger partial charge in [0.1, 0.15) is 5.82 Å². The van der Waals surface area contributed by atoms with Crippen LogP contribution in [0.3, 0.4) is 0 Å². The van der Waals surface area contributed by atoms with Gasteiger partial charge in [-0.1, -0.05) is 37.6 Å². The summed E-state index contributed by atoms with van der Waals surface area (Å²) in [6, 6.07) is 7.90. The van der Waals surface area contributed by atoms with Crippen LogP contribution in [0.25, 0.3) is 11.1 Å². The molecule has 0 aliphatic rings. The van der Waals surface area contributed by atoms with Gasteiger partial charge in [0.25, 0.3) is 0 Å². The Morgan fingerprint density at radius 2 is 1.44 bits per heavy atom. The van der Waals surface area contributed by atoms with Gasteiger partial charge < -0.3 is 0 Å². The molecule has 0 unspecified atom stereocenters. The van der Waals surface area contributed by atoms with Gasteiger partial charge in [-0.2, -0.15) is 0 Å². The third kappa shape index (κ3) is 2.54. The van der Waals surface area contributed by atoms with E-state index >= 15 is 0 Å². The van der Waals surface area contributed by atoms with E-state index in [0.29, 0.717) is 0 Å². The lowest BCUT2D eigenvalue weighted by Gasteiger charge is -2.13. The fourth-order valence-electron chi connectivity index (χ4n) is 2.16. The molecule has 0 aliphatic heterocycles. The van der Waals surface area contributed by atoms with Crippen molar-refractivity contribution in [2.24, 2.45) is 0 Å². The van der Waals surface area contributed by atoms with Crippen molar-refractivity contribution in [3.8, 4) is 11.1 Å². The summed E-state index contributed by atoms with van der Waals surface area (Å²) in [5.41, 5.74) is 4.54. The zero-order valence-electron chi connectivity index (χ0n) is 11.0. The molecule has 0 saturated carbocycles. The van der Waals surface area contributed by atoms with Crippen LogP contribution in [0.2, 0.25) is 5.02 Å².